The number of likely N-dealkylation sites (N-methyl/N-ethyl adjacent to an activating group) is 1. The van der Waals surface area contributed by atoms with Gasteiger partial charge in [0.15, 0.2) is 0 Å². The molecule has 4 nitrogen and oxygen atoms in total. The standard InChI is InChI=1S/C13H14BrN3O/c1-16-5-2-6-17(9-13(16)18)11-4-3-10(8-15)12(14)7-11/h3-4,7H,2,5-6,9H2,1H3. The van der Waals surface area contributed by atoms with E-state index in [0.717, 1.165) is 29.7 Å². The predicted molar refractivity (Wildman–Crippen MR) is 73.3 cm³/mol. The minimum absolute atomic E-state index is 0.132. The summed E-state index contributed by atoms with van der Waals surface area (Å²) in [4.78, 5) is 15.6. The summed E-state index contributed by atoms with van der Waals surface area (Å²) in [7, 11) is 1.83. The van der Waals surface area contributed by atoms with E-state index < -0.39 is 0 Å². The van der Waals surface area contributed by atoms with E-state index in [0.29, 0.717) is 12.1 Å². The number of nitriles is 1. The molecule has 0 saturated carbocycles. The molecule has 0 radical (unpaired) electrons. The van der Waals surface area contributed by atoms with E-state index in [2.05, 4.69) is 26.9 Å². The van der Waals surface area contributed by atoms with Gasteiger partial charge in [0, 0.05) is 30.3 Å². The molecule has 1 aromatic carbocycles. The zero-order valence-corrected chi connectivity index (χ0v) is 11.8. The third-order valence-electron chi connectivity index (χ3n) is 3.11. The smallest absolute Gasteiger partial charge is 0.241 e. The van der Waals surface area contributed by atoms with Crippen molar-refractivity contribution in [3.8, 4) is 6.07 Å². The molecular formula is C13H14BrN3O. The van der Waals surface area contributed by atoms with Gasteiger partial charge in [0.1, 0.15) is 6.07 Å². The highest BCUT2D eigenvalue weighted by Gasteiger charge is 2.19. The van der Waals surface area contributed by atoms with E-state index in [4.69, 9.17) is 5.26 Å². The molecule has 0 atom stereocenters. The number of carbonyl (C=O) groups excluding carboxylic acids is 1. The van der Waals surface area contributed by atoms with Gasteiger partial charge >= 0.3 is 0 Å². The second kappa shape index (κ2) is 5.40. The summed E-state index contributed by atoms with van der Waals surface area (Å²) < 4.78 is 0.771. The van der Waals surface area contributed by atoms with Crippen LogP contribution in [0.4, 0.5) is 5.69 Å². The molecule has 1 fully saturated rings. The summed E-state index contributed by atoms with van der Waals surface area (Å²) in [6.07, 6.45) is 0.958. The molecule has 0 bridgehead atoms. The number of rotatable bonds is 1. The van der Waals surface area contributed by atoms with Crippen LogP contribution in [-0.2, 0) is 4.79 Å². The van der Waals surface area contributed by atoms with Gasteiger partial charge in [0.2, 0.25) is 5.91 Å². The van der Waals surface area contributed by atoms with Crippen molar-refractivity contribution in [2.24, 2.45) is 0 Å². The van der Waals surface area contributed by atoms with E-state index in [-0.39, 0.29) is 5.91 Å². The second-order valence-corrected chi connectivity index (χ2v) is 5.22. The van der Waals surface area contributed by atoms with Crippen molar-refractivity contribution in [1.29, 1.82) is 5.26 Å². The molecule has 0 spiro atoms. The van der Waals surface area contributed by atoms with E-state index in [1.807, 2.05) is 19.2 Å². The Balaban J connectivity index is 2.23. The van der Waals surface area contributed by atoms with Crippen molar-refractivity contribution in [3.63, 3.8) is 0 Å². The average Bonchev–Trinajstić information content (AvgIpc) is 2.52. The van der Waals surface area contributed by atoms with Gasteiger partial charge < -0.3 is 9.80 Å². The lowest BCUT2D eigenvalue weighted by molar-refractivity contribution is -0.127. The van der Waals surface area contributed by atoms with Gasteiger partial charge in [-0.15, -0.1) is 0 Å². The maximum atomic E-state index is 11.8. The maximum absolute atomic E-state index is 11.8. The average molecular weight is 308 g/mol. The van der Waals surface area contributed by atoms with Gasteiger partial charge in [0.25, 0.3) is 0 Å². The second-order valence-electron chi connectivity index (χ2n) is 4.37. The fraction of sp³-hybridized carbons (Fsp3) is 0.385. The molecule has 1 amide bonds. The summed E-state index contributed by atoms with van der Waals surface area (Å²) >= 11 is 3.38. The van der Waals surface area contributed by atoms with Crippen LogP contribution in [0.25, 0.3) is 0 Å². The maximum Gasteiger partial charge on any atom is 0.241 e. The van der Waals surface area contributed by atoms with Crippen LogP contribution in [0.5, 0.6) is 0 Å². The molecule has 0 aromatic heterocycles. The molecule has 0 aliphatic carbocycles. The lowest BCUT2D eigenvalue weighted by Crippen LogP contribution is -2.34. The number of benzene rings is 1. The topological polar surface area (TPSA) is 47.3 Å². The summed E-state index contributed by atoms with van der Waals surface area (Å²) in [5.74, 6) is 0.132. The molecule has 2 rings (SSSR count). The van der Waals surface area contributed by atoms with Crippen molar-refractivity contribution in [1.82, 2.24) is 4.90 Å². The van der Waals surface area contributed by atoms with E-state index in [1.165, 1.54) is 0 Å². The molecule has 1 aromatic rings. The Labute approximate surface area is 115 Å². The molecule has 1 aliphatic rings. The third-order valence-corrected chi connectivity index (χ3v) is 3.77. The van der Waals surface area contributed by atoms with Crippen LogP contribution in [-0.4, -0.2) is 37.5 Å². The van der Waals surface area contributed by atoms with E-state index in [9.17, 15) is 4.79 Å². The first-order valence-electron chi connectivity index (χ1n) is 5.80. The van der Waals surface area contributed by atoms with Gasteiger partial charge in [-0.05, 0) is 40.5 Å². The number of halogens is 1. The van der Waals surface area contributed by atoms with Crippen LogP contribution in [0.1, 0.15) is 12.0 Å². The Morgan fingerprint density at radius 3 is 2.83 bits per heavy atom. The predicted octanol–water partition coefficient (Wildman–Crippen LogP) is 1.99. The quantitative estimate of drug-likeness (QED) is 0.797. The minimum Gasteiger partial charge on any atom is -0.362 e. The van der Waals surface area contributed by atoms with E-state index >= 15 is 0 Å². The largest absolute Gasteiger partial charge is 0.362 e. The van der Waals surface area contributed by atoms with Crippen molar-refractivity contribution < 1.29 is 4.79 Å². The Kier molecular flexibility index (Phi) is 3.87. The number of hydrogen-bond acceptors (Lipinski definition) is 3. The highest BCUT2D eigenvalue weighted by Crippen LogP contribution is 2.24. The normalized spacial score (nSPS) is 16.4. The van der Waals surface area contributed by atoms with Crippen LogP contribution in [0.15, 0.2) is 22.7 Å². The molecule has 1 aliphatic heterocycles. The van der Waals surface area contributed by atoms with Crippen LogP contribution in [0, 0.1) is 11.3 Å². The van der Waals surface area contributed by atoms with E-state index in [1.54, 1.807) is 11.0 Å². The number of nitrogens with zero attached hydrogens (tertiary/aromatic N) is 3. The Morgan fingerprint density at radius 2 is 2.17 bits per heavy atom. The SMILES string of the molecule is CN1CCCN(c2ccc(C#N)c(Br)c2)CC1=O. The Hall–Kier alpha value is -1.54. The van der Waals surface area contributed by atoms with Crippen LogP contribution >= 0.6 is 15.9 Å². The van der Waals surface area contributed by atoms with Crippen molar-refractivity contribution in [3.05, 3.63) is 28.2 Å². The molecular weight excluding hydrogens is 294 g/mol. The highest BCUT2D eigenvalue weighted by molar-refractivity contribution is 9.10. The minimum atomic E-state index is 0.132. The first kappa shape index (κ1) is 12.9. The van der Waals surface area contributed by atoms with Gasteiger partial charge in [-0.2, -0.15) is 5.26 Å². The van der Waals surface area contributed by atoms with Crippen LogP contribution < -0.4 is 4.90 Å². The van der Waals surface area contributed by atoms with Crippen molar-refractivity contribution >= 4 is 27.5 Å². The fourth-order valence-electron chi connectivity index (χ4n) is 2.00. The number of anilines is 1. The van der Waals surface area contributed by atoms with Gasteiger partial charge in [-0.25, -0.2) is 0 Å². The fourth-order valence-corrected chi connectivity index (χ4v) is 2.45. The van der Waals surface area contributed by atoms with Crippen molar-refractivity contribution in [2.45, 2.75) is 6.42 Å². The molecule has 1 saturated heterocycles. The lowest BCUT2D eigenvalue weighted by Gasteiger charge is -2.22. The number of hydrogen-bond donors (Lipinski definition) is 0. The van der Waals surface area contributed by atoms with Crippen molar-refractivity contribution in [2.75, 3.05) is 31.6 Å². The molecule has 5 heteroatoms. The van der Waals surface area contributed by atoms with Crippen LogP contribution in [0.3, 0.4) is 0 Å². The Bertz CT molecular complexity index is 509. The summed E-state index contributed by atoms with van der Waals surface area (Å²) in [5, 5.41) is 8.89. The van der Waals surface area contributed by atoms with Gasteiger partial charge in [0.05, 0.1) is 12.1 Å². The molecule has 18 heavy (non-hydrogen) atoms. The zero-order valence-electron chi connectivity index (χ0n) is 10.2. The molecule has 0 N–H and O–H groups in total. The molecule has 1 heterocycles. The first-order chi connectivity index (χ1) is 8.61. The number of carbonyl (C=O) groups is 1. The monoisotopic (exact) mass is 307 g/mol. The molecule has 94 valence electrons. The number of amides is 1. The molecule has 0 unspecified atom stereocenters. The first-order valence-corrected chi connectivity index (χ1v) is 6.59. The highest BCUT2D eigenvalue weighted by atomic mass is 79.9. The summed E-state index contributed by atoms with van der Waals surface area (Å²) in [6, 6.07) is 7.68. The third kappa shape index (κ3) is 2.65. The van der Waals surface area contributed by atoms with Gasteiger partial charge in [-0.3, -0.25) is 4.79 Å². The Morgan fingerprint density at radius 1 is 1.39 bits per heavy atom. The van der Waals surface area contributed by atoms with Gasteiger partial charge in [-0.1, -0.05) is 0 Å². The zero-order chi connectivity index (χ0) is 13.1. The summed E-state index contributed by atoms with van der Waals surface area (Å²) in [5.41, 5.74) is 1.58. The lowest BCUT2D eigenvalue weighted by atomic mass is 10.2. The summed E-state index contributed by atoms with van der Waals surface area (Å²) in [6.45, 7) is 2.05. The van der Waals surface area contributed by atoms with Crippen LogP contribution in [0.2, 0.25) is 0 Å².